The van der Waals surface area contributed by atoms with Crippen LogP contribution >= 0.6 is 49.9 Å². The third-order valence-electron chi connectivity index (χ3n) is 7.34. The molecule has 0 unspecified atom stereocenters. The molecular weight excluding hydrogens is 797 g/mol. The van der Waals surface area contributed by atoms with Crippen LogP contribution in [0, 0.1) is 13.7 Å². The van der Waals surface area contributed by atoms with Gasteiger partial charge in [0, 0.05) is 27.7 Å². The highest BCUT2D eigenvalue weighted by Crippen LogP contribution is 2.35. The number of non-ortho nitro benzene ring substituents is 1. The van der Waals surface area contributed by atoms with Crippen LogP contribution < -0.4 is 19.6 Å². The molecule has 0 saturated heterocycles. The number of aromatic nitrogens is 1. The molecule has 0 fully saturated rings. The Bertz CT molecular complexity index is 2200. The number of carbonyl (C=O) groups is 1. The number of hydrogen-bond donors (Lipinski definition) is 0. The summed E-state index contributed by atoms with van der Waals surface area (Å²) in [6.45, 7) is 2.07. The summed E-state index contributed by atoms with van der Waals surface area (Å²) in [5.74, 6) is 0.0106. The van der Waals surface area contributed by atoms with Gasteiger partial charge in [0.2, 0.25) is 0 Å². The number of halogens is 2. The lowest BCUT2D eigenvalue weighted by molar-refractivity contribution is -0.384. The number of nitrogens with zero attached hydrogens (tertiary/aromatic N) is 3. The van der Waals surface area contributed by atoms with Crippen LogP contribution in [0.2, 0.25) is 0 Å². The van der Waals surface area contributed by atoms with Gasteiger partial charge >= 0.3 is 5.97 Å². The van der Waals surface area contributed by atoms with E-state index in [2.05, 4.69) is 38.5 Å². The van der Waals surface area contributed by atoms with Crippen LogP contribution in [0.5, 0.6) is 5.75 Å². The predicted octanol–water partition coefficient (Wildman–Crippen LogP) is 6.79. The lowest BCUT2D eigenvalue weighted by atomic mass is 9.93. The van der Waals surface area contributed by atoms with Crippen molar-refractivity contribution in [3.05, 3.63) is 163 Å². The fourth-order valence-corrected chi connectivity index (χ4v) is 7.94. The van der Waals surface area contributed by atoms with E-state index >= 15 is 0 Å². The summed E-state index contributed by atoms with van der Waals surface area (Å²) in [5, 5.41) is 11.1. The molecule has 2 heterocycles. The molecule has 1 aliphatic heterocycles. The van der Waals surface area contributed by atoms with Gasteiger partial charge in [-0.25, -0.2) is 9.79 Å². The zero-order chi connectivity index (χ0) is 33.1. The van der Waals surface area contributed by atoms with E-state index in [1.807, 2.05) is 72.8 Å². The Morgan fingerprint density at radius 2 is 1.74 bits per heavy atom. The van der Waals surface area contributed by atoms with E-state index in [9.17, 15) is 19.7 Å². The van der Waals surface area contributed by atoms with Gasteiger partial charge in [0.05, 0.1) is 36.9 Å². The topological polar surface area (TPSA) is 113 Å². The van der Waals surface area contributed by atoms with Crippen LogP contribution in [-0.4, -0.2) is 22.1 Å². The van der Waals surface area contributed by atoms with E-state index in [1.54, 1.807) is 29.7 Å². The maximum Gasteiger partial charge on any atom is 0.338 e. The Kier molecular flexibility index (Phi) is 9.80. The quantitative estimate of drug-likeness (QED) is 0.0701. The second-order valence-electron chi connectivity index (χ2n) is 10.4. The Morgan fingerprint density at radius 3 is 2.40 bits per heavy atom. The average molecular weight is 822 g/mol. The van der Waals surface area contributed by atoms with Gasteiger partial charge in [0.15, 0.2) is 4.80 Å². The minimum Gasteiger partial charge on any atom is -0.487 e. The average Bonchev–Trinajstić information content (AvgIpc) is 3.38. The number of fused-ring (bicyclic) bond motifs is 1. The third-order valence-corrected chi connectivity index (χ3v) is 9.59. The minimum absolute atomic E-state index is 0.00150. The molecule has 12 heteroatoms. The number of esters is 1. The van der Waals surface area contributed by atoms with Crippen LogP contribution in [0.15, 0.2) is 117 Å². The summed E-state index contributed by atoms with van der Waals surface area (Å²) < 4.78 is 15.3. The van der Waals surface area contributed by atoms with E-state index < -0.39 is 16.9 Å². The van der Waals surface area contributed by atoms with Crippen LogP contribution in [0.1, 0.15) is 35.2 Å². The van der Waals surface area contributed by atoms with Crippen molar-refractivity contribution in [3.63, 3.8) is 0 Å². The number of thiazole rings is 1. The lowest BCUT2D eigenvalue weighted by Crippen LogP contribution is -2.40. The highest BCUT2D eigenvalue weighted by Gasteiger charge is 2.35. The number of benzene rings is 4. The van der Waals surface area contributed by atoms with E-state index in [0.29, 0.717) is 26.3 Å². The number of nitro benzene ring substituents is 1. The molecule has 1 aromatic heterocycles. The first-order chi connectivity index (χ1) is 22.7. The SMILES string of the molecule is CCOC(=O)C1=C(c2ccccc2)N=c2s/c(=C\c3cc(Br)cc(I)c3OCc3ccc([N+](=O)[O-])cc3)c(=O)n2[C@@H]1c1ccccc1. The van der Waals surface area contributed by atoms with Crippen molar-refractivity contribution in [1.82, 2.24) is 4.57 Å². The number of rotatable bonds is 9. The van der Waals surface area contributed by atoms with E-state index in [0.717, 1.165) is 24.7 Å². The standard InChI is InChI=1S/C35H25BrIN3O6S/c1-2-45-34(42)29-30(22-9-5-3-6-10-22)38-35-39(31(29)23-11-7-4-8-12-23)33(41)28(47-35)18-24-17-25(36)19-27(37)32(24)46-20-21-13-15-26(16-14-21)40(43)44/h3-19,31H,2,20H2,1H3/b28-18-/t31-/m1/s1. The first kappa shape index (κ1) is 32.5. The van der Waals surface area contributed by atoms with E-state index in [-0.39, 0.29) is 30.0 Å². The fraction of sp³-hybridized carbons (Fsp3) is 0.114. The number of carbonyl (C=O) groups excluding carboxylic acids is 1. The van der Waals surface area contributed by atoms with Crippen LogP contribution in [0.4, 0.5) is 5.69 Å². The zero-order valence-electron chi connectivity index (χ0n) is 24.8. The van der Waals surface area contributed by atoms with Crippen LogP contribution in [-0.2, 0) is 16.1 Å². The first-order valence-electron chi connectivity index (χ1n) is 14.4. The Hall–Kier alpha value is -4.40. The van der Waals surface area contributed by atoms with Gasteiger partial charge in [-0.1, -0.05) is 87.9 Å². The zero-order valence-corrected chi connectivity index (χ0v) is 29.3. The Balaban J connectivity index is 1.51. The summed E-state index contributed by atoms with van der Waals surface area (Å²) in [5.41, 5.74) is 3.31. The number of nitro groups is 1. The largest absolute Gasteiger partial charge is 0.487 e. The molecule has 0 N–H and O–H groups in total. The molecular formula is C35H25BrIN3O6S. The molecule has 9 nitrogen and oxygen atoms in total. The third kappa shape index (κ3) is 6.85. The lowest BCUT2D eigenvalue weighted by Gasteiger charge is -2.25. The smallest absolute Gasteiger partial charge is 0.338 e. The summed E-state index contributed by atoms with van der Waals surface area (Å²) in [7, 11) is 0. The van der Waals surface area contributed by atoms with Crippen molar-refractivity contribution in [3.8, 4) is 5.75 Å². The van der Waals surface area contributed by atoms with Crippen molar-refractivity contribution in [2.45, 2.75) is 19.6 Å². The molecule has 0 amide bonds. The monoisotopic (exact) mass is 821 g/mol. The fourth-order valence-electron chi connectivity index (χ4n) is 5.24. The summed E-state index contributed by atoms with van der Waals surface area (Å²) >= 11 is 6.96. The Morgan fingerprint density at radius 1 is 1.06 bits per heavy atom. The predicted molar refractivity (Wildman–Crippen MR) is 192 cm³/mol. The first-order valence-corrected chi connectivity index (χ1v) is 17.1. The van der Waals surface area contributed by atoms with Gasteiger partial charge in [0.1, 0.15) is 12.4 Å². The number of ether oxygens (including phenoxy) is 2. The van der Waals surface area contributed by atoms with Gasteiger partial charge in [-0.3, -0.25) is 19.5 Å². The van der Waals surface area contributed by atoms with Gasteiger partial charge < -0.3 is 9.47 Å². The highest BCUT2D eigenvalue weighted by atomic mass is 127. The molecule has 4 aromatic carbocycles. The van der Waals surface area contributed by atoms with Crippen molar-refractivity contribution in [1.29, 1.82) is 0 Å². The van der Waals surface area contributed by atoms with Gasteiger partial charge in [-0.05, 0) is 71.0 Å². The maximum absolute atomic E-state index is 14.3. The molecule has 47 heavy (non-hydrogen) atoms. The second-order valence-corrected chi connectivity index (χ2v) is 13.4. The van der Waals surface area contributed by atoms with Crippen LogP contribution in [0.25, 0.3) is 11.8 Å². The Labute approximate surface area is 294 Å². The van der Waals surface area contributed by atoms with Gasteiger partial charge in [0.25, 0.3) is 11.2 Å². The molecule has 0 radical (unpaired) electrons. The van der Waals surface area contributed by atoms with Crippen molar-refractivity contribution in [2.24, 2.45) is 4.99 Å². The molecule has 1 atom stereocenters. The van der Waals surface area contributed by atoms with Crippen LogP contribution in [0.3, 0.4) is 0 Å². The van der Waals surface area contributed by atoms with Crippen molar-refractivity contribution >= 4 is 73.3 Å². The molecule has 0 bridgehead atoms. The van der Waals surface area contributed by atoms with Gasteiger partial charge in [-0.15, -0.1) is 0 Å². The molecule has 5 aromatic rings. The van der Waals surface area contributed by atoms with E-state index in [4.69, 9.17) is 14.5 Å². The second kappa shape index (κ2) is 14.2. The summed E-state index contributed by atoms with van der Waals surface area (Å²) in [6.07, 6.45) is 1.76. The van der Waals surface area contributed by atoms with Crippen molar-refractivity contribution in [2.75, 3.05) is 6.61 Å². The number of hydrogen-bond acceptors (Lipinski definition) is 8. The summed E-state index contributed by atoms with van der Waals surface area (Å²) in [6, 6.07) is 27.9. The molecule has 0 saturated carbocycles. The minimum atomic E-state index is -0.774. The summed E-state index contributed by atoms with van der Waals surface area (Å²) in [4.78, 5) is 43.9. The van der Waals surface area contributed by atoms with Crippen molar-refractivity contribution < 1.29 is 19.2 Å². The van der Waals surface area contributed by atoms with Gasteiger partial charge in [-0.2, -0.15) is 0 Å². The highest BCUT2D eigenvalue weighted by molar-refractivity contribution is 14.1. The maximum atomic E-state index is 14.3. The molecule has 1 aliphatic rings. The molecule has 0 aliphatic carbocycles. The molecule has 0 spiro atoms. The normalized spacial score (nSPS) is 14.4. The molecule has 6 rings (SSSR count). The molecule has 236 valence electrons. The van der Waals surface area contributed by atoms with E-state index in [1.165, 1.54) is 23.5 Å².